The van der Waals surface area contributed by atoms with Gasteiger partial charge in [0.2, 0.25) is 5.91 Å². The van der Waals surface area contributed by atoms with Crippen LogP contribution < -0.4 is 0 Å². The summed E-state index contributed by atoms with van der Waals surface area (Å²) < 4.78 is 0. The van der Waals surface area contributed by atoms with Crippen molar-refractivity contribution in [1.82, 2.24) is 9.80 Å². The Morgan fingerprint density at radius 2 is 1.86 bits per heavy atom. The third-order valence-corrected chi connectivity index (χ3v) is 3.28. The Morgan fingerprint density at radius 3 is 2.36 bits per heavy atom. The van der Waals surface area contributed by atoms with Gasteiger partial charge >= 0.3 is 0 Å². The monoisotopic (exact) mass is 214 g/mol. The highest BCUT2D eigenvalue weighted by molar-refractivity contribution is 7.80. The van der Waals surface area contributed by atoms with Crippen LogP contribution in [0.2, 0.25) is 0 Å². The molecular formula is C10H18N2OS. The molecule has 0 aromatic heterocycles. The summed E-state index contributed by atoms with van der Waals surface area (Å²) in [7, 11) is 0. The van der Waals surface area contributed by atoms with E-state index in [1.165, 1.54) is 12.8 Å². The molecule has 1 aliphatic heterocycles. The van der Waals surface area contributed by atoms with Gasteiger partial charge < -0.3 is 4.90 Å². The quantitative estimate of drug-likeness (QED) is 0.696. The normalized spacial score (nSPS) is 23.9. The zero-order valence-corrected chi connectivity index (χ0v) is 9.38. The zero-order chi connectivity index (χ0) is 9.97. The van der Waals surface area contributed by atoms with Crippen molar-refractivity contribution in [3.63, 3.8) is 0 Å². The van der Waals surface area contributed by atoms with E-state index in [0.717, 1.165) is 32.2 Å². The van der Waals surface area contributed by atoms with Crippen LogP contribution in [0.3, 0.4) is 0 Å². The van der Waals surface area contributed by atoms with E-state index in [-0.39, 0.29) is 5.91 Å². The van der Waals surface area contributed by atoms with Crippen molar-refractivity contribution in [2.75, 3.05) is 31.9 Å². The number of carbonyl (C=O) groups is 1. The summed E-state index contributed by atoms with van der Waals surface area (Å²) >= 11 is 4.08. The van der Waals surface area contributed by atoms with Gasteiger partial charge in [-0.2, -0.15) is 12.6 Å². The van der Waals surface area contributed by atoms with E-state index in [2.05, 4.69) is 17.5 Å². The Bertz CT molecular complexity index is 210. The molecule has 1 saturated carbocycles. The number of hydrogen-bond donors (Lipinski definition) is 1. The highest BCUT2D eigenvalue weighted by Gasteiger charge is 2.31. The number of carbonyl (C=O) groups excluding carboxylic acids is 1. The van der Waals surface area contributed by atoms with Gasteiger partial charge in [0.1, 0.15) is 0 Å². The number of thiol groups is 1. The molecule has 0 radical (unpaired) electrons. The first-order chi connectivity index (χ1) is 6.81. The van der Waals surface area contributed by atoms with Crippen LogP contribution >= 0.6 is 12.6 Å². The van der Waals surface area contributed by atoms with Crippen LogP contribution in [-0.2, 0) is 4.79 Å². The first-order valence-electron chi connectivity index (χ1n) is 5.44. The molecule has 14 heavy (non-hydrogen) atoms. The first-order valence-corrected chi connectivity index (χ1v) is 6.07. The fraction of sp³-hybridized carbons (Fsp3) is 0.900. The third-order valence-electron chi connectivity index (χ3n) is 3.06. The lowest BCUT2D eigenvalue weighted by atomic mass is 10.3. The Labute approximate surface area is 90.8 Å². The molecule has 1 saturated heterocycles. The van der Waals surface area contributed by atoms with Crippen molar-refractivity contribution in [2.45, 2.75) is 25.3 Å². The van der Waals surface area contributed by atoms with Gasteiger partial charge in [0.25, 0.3) is 0 Å². The van der Waals surface area contributed by atoms with Gasteiger partial charge in [-0.05, 0) is 18.6 Å². The molecule has 1 aliphatic carbocycles. The van der Waals surface area contributed by atoms with Crippen molar-refractivity contribution >= 4 is 18.5 Å². The van der Waals surface area contributed by atoms with Gasteiger partial charge in [-0.25, -0.2) is 0 Å². The number of rotatable bonds is 3. The molecule has 2 aliphatic rings. The Hall–Kier alpha value is -0.220. The van der Waals surface area contributed by atoms with Gasteiger partial charge in [-0.1, -0.05) is 0 Å². The van der Waals surface area contributed by atoms with Crippen molar-refractivity contribution in [3.05, 3.63) is 0 Å². The molecule has 0 N–H and O–H groups in total. The average Bonchev–Trinajstić information content (AvgIpc) is 3.02. The summed E-state index contributed by atoms with van der Waals surface area (Å²) in [6.07, 6.45) is 3.32. The molecule has 4 heteroatoms. The summed E-state index contributed by atoms with van der Waals surface area (Å²) in [5.41, 5.74) is 0. The van der Waals surface area contributed by atoms with Gasteiger partial charge in [0.05, 0.1) is 0 Å². The van der Waals surface area contributed by atoms with Crippen molar-refractivity contribution in [1.29, 1.82) is 0 Å². The van der Waals surface area contributed by atoms with Gasteiger partial charge in [0, 0.05) is 38.6 Å². The van der Waals surface area contributed by atoms with Crippen LogP contribution in [0.15, 0.2) is 0 Å². The summed E-state index contributed by atoms with van der Waals surface area (Å²) in [4.78, 5) is 16.0. The van der Waals surface area contributed by atoms with Gasteiger partial charge in [-0.3, -0.25) is 9.69 Å². The van der Waals surface area contributed by atoms with Crippen LogP contribution in [0.4, 0.5) is 0 Å². The maximum atomic E-state index is 11.5. The fourth-order valence-corrected chi connectivity index (χ4v) is 2.22. The summed E-state index contributed by atoms with van der Waals surface area (Å²) in [5, 5.41) is 0. The van der Waals surface area contributed by atoms with Crippen LogP contribution in [0.1, 0.15) is 19.3 Å². The molecule has 0 aromatic carbocycles. The van der Waals surface area contributed by atoms with Crippen LogP contribution in [-0.4, -0.2) is 53.7 Å². The summed E-state index contributed by atoms with van der Waals surface area (Å²) in [5.74, 6) is 0.942. The summed E-state index contributed by atoms with van der Waals surface area (Å²) in [6, 6.07) is 0.845. The molecule has 2 fully saturated rings. The van der Waals surface area contributed by atoms with E-state index < -0.39 is 0 Å². The van der Waals surface area contributed by atoms with Crippen LogP contribution in [0.5, 0.6) is 0 Å². The maximum absolute atomic E-state index is 11.5. The van der Waals surface area contributed by atoms with Gasteiger partial charge in [0.15, 0.2) is 0 Å². The smallest absolute Gasteiger partial charge is 0.223 e. The lowest BCUT2D eigenvalue weighted by Gasteiger charge is -2.34. The number of piperazine rings is 1. The molecule has 1 amide bonds. The van der Waals surface area contributed by atoms with E-state index in [4.69, 9.17) is 0 Å². The zero-order valence-electron chi connectivity index (χ0n) is 8.48. The highest BCUT2D eigenvalue weighted by atomic mass is 32.1. The van der Waals surface area contributed by atoms with E-state index in [9.17, 15) is 4.79 Å². The molecule has 0 aromatic rings. The molecule has 3 nitrogen and oxygen atoms in total. The largest absolute Gasteiger partial charge is 0.340 e. The first kappa shape index (κ1) is 10.3. The second kappa shape index (κ2) is 4.53. The number of amides is 1. The van der Waals surface area contributed by atoms with Crippen LogP contribution in [0, 0.1) is 0 Å². The molecule has 2 rings (SSSR count). The van der Waals surface area contributed by atoms with Gasteiger partial charge in [-0.15, -0.1) is 0 Å². The van der Waals surface area contributed by atoms with E-state index >= 15 is 0 Å². The molecule has 0 spiro atoms. The number of nitrogens with zero attached hydrogens (tertiary/aromatic N) is 2. The lowest BCUT2D eigenvalue weighted by Crippen LogP contribution is -2.49. The van der Waals surface area contributed by atoms with Crippen molar-refractivity contribution < 1.29 is 4.79 Å². The minimum atomic E-state index is 0.274. The Morgan fingerprint density at radius 1 is 1.21 bits per heavy atom. The van der Waals surface area contributed by atoms with Crippen LogP contribution in [0.25, 0.3) is 0 Å². The SMILES string of the molecule is O=C(CCS)N1CCN(C2CC2)CC1. The predicted molar refractivity (Wildman–Crippen MR) is 59.6 cm³/mol. The highest BCUT2D eigenvalue weighted by Crippen LogP contribution is 2.27. The molecule has 1 heterocycles. The van der Waals surface area contributed by atoms with Crippen molar-refractivity contribution in [2.24, 2.45) is 0 Å². The predicted octanol–water partition coefficient (Wildman–Crippen LogP) is 0.613. The topological polar surface area (TPSA) is 23.6 Å². The van der Waals surface area contributed by atoms with Crippen molar-refractivity contribution in [3.8, 4) is 0 Å². The molecule has 0 bridgehead atoms. The molecular weight excluding hydrogens is 196 g/mol. The Balaban J connectivity index is 1.74. The standard InChI is InChI=1S/C10H18N2OS/c13-10(3-8-14)12-6-4-11(5-7-12)9-1-2-9/h9,14H,1-8H2. The second-order valence-corrected chi connectivity index (χ2v) is 4.57. The van der Waals surface area contributed by atoms with E-state index in [1.807, 2.05) is 4.90 Å². The van der Waals surface area contributed by atoms with E-state index in [0.29, 0.717) is 12.2 Å². The van der Waals surface area contributed by atoms with E-state index in [1.54, 1.807) is 0 Å². The lowest BCUT2D eigenvalue weighted by molar-refractivity contribution is -0.132. The molecule has 0 unspecified atom stereocenters. The second-order valence-electron chi connectivity index (χ2n) is 4.12. The summed E-state index contributed by atoms with van der Waals surface area (Å²) in [6.45, 7) is 3.98. The maximum Gasteiger partial charge on any atom is 0.223 e. The minimum Gasteiger partial charge on any atom is -0.340 e. The average molecular weight is 214 g/mol. The molecule has 80 valence electrons. The minimum absolute atomic E-state index is 0.274. The number of hydrogen-bond acceptors (Lipinski definition) is 3. The third kappa shape index (κ3) is 2.42. The Kier molecular flexibility index (Phi) is 3.34. The fourth-order valence-electron chi connectivity index (χ4n) is 2.03. The molecule has 0 atom stereocenters.